The van der Waals surface area contributed by atoms with E-state index in [0.717, 1.165) is 16.7 Å². The highest BCUT2D eigenvalue weighted by molar-refractivity contribution is 9.10. The molecule has 7 nitrogen and oxygen atoms in total. The third-order valence-electron chi connectivity index (χ3n) is 3.63. The van der Waals surface area contributed by atoms with Crippen LogP contribution >= 0.6 is 27.7 Å². The Morgan fingerprint density at radius 2 is 1.92 bits per heavy atom. The van der Waals surface area contributed by atoms with Crippen molar-refractivity contribution in [3.63, 3.8) is 0 Å². The van der Waals surface area contributed by atoms with Crippen molar-refractivity contribution in [3.8, 4) is 11.5 Å². The second-order valence-corrected chi connectivity index (χ2v) is 7.06. The Morgan fingerprint density at radius 1 is 1.27 bits per heavy atom. The average molecular weight is 444 g/mol. The lowest BCUT2D eigenvalue weighted by Gasteiger charge is -2.19. The van der Waals surface area contributed by atoms with Gasteiger partial charge in [-0.2, -0.15) is 0 Å². The van der Waals surface area contributed by atoms with Crippen LogP contribution in [0, 0.1) is 0 Å². The van der Waals surface area contributed by atoms with Crippen molar-refractivity contribution in [2.24, 2.45) is 0 Å². The Balaban J connectivity index is 2.36. The Morgan fingerprint density at radius 3 is 2.50 bits per heavy atom. The molecule has 0 spiro atoms. The number of methoxy groups -OCH3 is 2. The zero-order chi connectivity index (χ0) is 19.4. The van der Waals surface area contributed by atoms with Crippen LogP contribution in [0.4, 0.5) is 4.79 Å². The summed E-state index contributed by atoms with van der Waals surface area (Å²) < 4.78 is 16.1. The monoisotopic (exact) mass is 443 g/mol. The van der Waals surface area contributed by atoms with Gasteiger partial charge in [0.25, 0.3) is 11.1 Å². The first-order valence-corrected chi connectivity index (χ1v) is 9.30. The summed E-state index contributed by atoms with van der Waals surface area (Å²) in [6.07, 6.45) is 1.55. The van der Waals surface area contributed by atoms with Crippen LogP contribution in [0.2, 0.25) is 0 Å². The molecule has 1 aromatic rings. The molecule has 0 bridgehead atoms. The van der Waals surface area contributed by atoms with E-state index >= 15 is 0 Å². The quantitative estimate of drug-likeness (QED) is 0.491. The highest BCUT2D eigenvalue weighted by atomic mass is 79.9. The molecule has 1 aliphatic heterocycles. The van der Waals surface area contributed by atoms with Gasteiger partial charge in [-0.1, -0.05) is 0 Å². The lowest BCUT2D eigenvalue weighted by atomic mass is 10.1. The molecule has 0 aliphatic carbocycles. The number of nitrogens with zero attached hydrogens (tertiary/aromatic N) is 1. The molecule has 0 aromatic heterocycles. The summed E-state index contributed by atoms with van der Waals surface area (Å²) in [6.45, 7) is 3.29. The summed E-state index contributed by atoms with van der Waals surface area (Å²) in [4.78, 5) is 37.8. The average Bonchev–Trinajstić information content (AvgIpc) is 2.88. The first-order chi connectivity index (χ1) is 12.3. The molecule has 2 amide bonds. The SMILES string of the molecule is CCOC(=O)[C@H](C)N1C(=O)S/C(=C/c2cc(Br)c(OC)cc2OC)C1=O. The number of ether oxygens (including phenoxy) is 3. The highest BCUT2D eigenvalue weighted by Gasteiger charge is 2.41. The summed E-state index contributed by atoms with van der Waals surface area (Å²) in [6, 6.07) is 2.40. The number of carbonyl (C=O) groups excluding carboxylic acids is 3. The molecule has 1 fully saturated rings. The van der Waals surface area contributed by atoms with Crippen molar-refractivity contribution in [2.75, 3.05) is 20.8 Å². The van der Waals surface area contributed by atoms with Gasteiger partial charge in [-0.25, -0.2) is 4.79 Å². The molecule has 0 N–H and O–H groups in total. The second kappa shape index (κ2) is 8.59. The van der Waals surface area contributed by atoms with Crippen molar-refractivity contribution >= 4 is 50.9 Å². The van der Waals surface area contributed by atoms with E-state index in [1.165, 1.54) is 21.1 Å². The summed E-state index contributed by atoms with van der Waals surface area (Å²) in [7, 11) is 3.02. The van der Waals surface area contributed by atoms with E-state index in [2.05, 4.69) is 15.9 Å². The smallest absolute Gasteiger partial charge is 0.329 e. The van der Waals surface area contributed by atoms with E-state index < -0.39 is 23.2 Å². The maximum atomic E-state index is 12.6. The molecule has 140 valence electrons. The van der Waals surface area contributed by atoms with Crippen molar-refractivity contribution in [3.05, 3.63) is 27.1 Å². The molecular formula is C17H18BrNO6S. The minimum atomic E-state index is -0.988. The number of halogens is 1. The standard InChI is InChI=1S/C17H18BrNO6S/c1-5-25-16(21)9(2)19-15(20)14(26-17(19)22)7-10-6-11(18)13(24-4)8-12(10)23-3/h6-9H,5H2,1-4H3/b14-7+/t9-/m0/s1. The van der Waals surface area contributed by atoms with Gasteiger partial charge >= 0.3 is 5.97 Å². The molecule has 1 aromatic carbocycles. The third-order valence-corrected chi connectivity index (χ3v) is 5.13. The maximum absolute atomic E-state index is 12.6. The van der Waals surface area contributed by atoms with Crippen molar-refractivity contribution < 1.29 is 28.6 Å². The first-order valence-electron chi connectivity index (χ1n) is 7.69. The van der Waals surface area contributed by atoms with E-state index in [1.54, 1.807) is 25.1 Å². The van der Waals surface area contributed by atoms with Crippen LogP contribution in [0.25, 0.3) is 6.08 Å². The Hall–Kier alpha value is -2.00. The van der Waals surface area contributed by atoms with Crippen LogP contribution in [0.1, 0.15) is 19.4 Å². The fraction of sp³-hybridized carbons (Fsp3) is 0.353. The van der Waals surface area contributed by atoms with E-state index in [0.29, 0.717) is 21.5 Å². The Kier molecular flexibility index (Phi) is 6.71. The van der Waals surface area contributed by atoms with Crippen LogP contribution in [-0.4, -0.2) is 48.9 Å². The lowest BCUT2D eigenvalue weighted by Crippen LogP contribution is -2.42. The zero-order valence-electron chi connectivity index (χ0n) is 14.7. The molecule has 0 radical (unpaired) electrons. The summed E-state index contributed by atoms with van der Waals surface area (Å²) in [5, 5.41) is -0.520. The second-order valence-electron chi connectivity index (χ2n) is 5.21. The molecule has 1 saturated heterocycles. The minimum absolute atomic E-state index is 0.173. The van der Waals surface area contributed by atoms with Gasteiger partial charge in [-0.15, -0.1) is 0 Å². The highest BCUT2D eigenvalue weighted by Crippen LogP contribution is 2.38. The number of rotatable bonds is 6. The molecule has 1 aliphatic rings. The predicted molar refractivity (Wildman–Crippen MR) is 101 cm³/mol. The van der Waals surface area contributed by atoms with Gasteiger partial charge in [0.05, 0.1) is 30.2 Å². The number of thioether (sulfide) groups is 1. The zero-order valence-corrected chi connectivity index (χ0v) is 17.1. The molecule has 1 heterocycles. The largest absolute Gasteiger partial charge is 0.496 e. The molecule has 9 heteroatoms. The van der Waals surface area contributed by atoms with Gasteiger partial charge in [0.2, 0.25) is 0 Å². The van der Waals surface area contributed by atoms with Crippen LogP contribution in [-0.2, 0) is 14.3 Å². The van der Waals surface area contributed by atoms with E-state index in [1.807, 2.05) is 0 Å². The van der Waals surface area contributed by atoms with Crippen LogP contribution in [0.15, 0.2) is 21.5 Å². The number of carbonyl (C=O) groups is 3. The first kappa shape index (κ1) is 20.3. The van der Waals surface area contributed by atoms with Crippen molar-refractivity contribution in [2.45, 2.75) is 19.9 Å². The van der Waals surface area contributed by atoms with Gasteiger partial charge in [0.15, 0.2) is 0 Å². The van der Waals surface area contributed by atoms with Crippen LogP contribution < -0.4 is 9.47 Å². The van der Waals surface area contributed by atoms with Crippen molar-refractivity contribution in [1.29, 1.82) is 0 Å². The van der Waals surface area contributed by atoms with E-state index in [-0.39, 0.29) is 11.5 Å². The van der Waals surface area contributed by atoms with E-state index in [9.17, 15) is 14.4 Å². The number of imide groups is 1. The van der Waals surface area contributed by atoms with Gasteiger partial charge in [0, 0.05) is 11.6 Å². The number of hydrogen-bond donors (Lipinski definition) is 0. The molecule has 0 unspecified atom stereocenters. The van der Waals surface area contributed by atoms with Gasteiger partial charge < -0.3 is 14.2 Å². The number of hydrogen-bond acceptors (Lipinski definition) is 7. The topological polar surface area (TPSA) is 82.1 Å². The number of benzene rings is 1. The summed E-state index contributed by atoms with van der Waals surface area (Å²) in [5.41, 5.74) is 0.592. The lowest BCUT2D eigenvalue weighted by molar-refractivity contribution is -0.150. The fourth-order valence-corrected chi connectivity index (χ4v) is 3.74. The molecule has 26 heavy (non-hydrogen) atoms. The number of amides is 2. The molecule has 2 rings (SSSR count). The molecule has 1 atom stereocenters. The van der Waals surface area contributed by atoms with Crippen LogP contribution in [0.5, 0.6) is 11.5 Å². The van der Waals surface area contributed by atoms with Crippen molar-refractivity contribution in [1.82, 2.24) is 4.90 Å². The van der Waals surface area contributed by atoms with E-state index in [4.69, 9.17) is 14.2 Å². The van der Waals surface area contributed by atoms with Gasteiger partial charge in [0.1, 0.15) is 17.5 Å². The number of esters is 1. The molecule has 0 saturated carbocycles. The molecular weight excluding hydrogens is 426 g/mol. The predicted octanol–water partition coefficient (Wildman–Crippen LogP) is 3.45. The Labute approximate surface area is 163 Å². The maximum Gasteiger partial charge on any atom is 0.329 e. The summed E-state index contributed by atoms with van der Waals surface area (Å²) in [5.74, 6) is -0.117. The normalized spacial score (nSPS) is 16.8. The van der Waals surface area contributed by atoms with Crippen LogP contribution in [0.3, 0.4) is 0 Å². The van der Waals surface area contributed by atoms with Gasteiger partial charge in [-0.3, -0.25) is 14.5 Å². The third kappa shape index (κ3) is 4.04. The minimum Gasteiger partial charge on any atom is -0.496 e. The summed E-state index contributed by atoms with van der Waals surface area (Å²) >= 11 is 4.14. The van der Waals surface area contributed by atoms with Gasteiger partial charge in [-0.05, 0) is 53.7 Å². The Bertz CT molecular complexity index is 779. The fourth-order valence-electron chi connectivity index (χ4n) is 2.32.